The fraction of sp³-hybridized carbons (Fsp3) is 0.419. The van der Waals surface area contributed by atoms with Gasteiger partial charge in [-0.25, -0.2) is 4.79 Å². The van der Waals surface area contributed by atoms with E-state index in [-0.39, 0.29) is 23.5 Å². The van der Waals surface area contributed by atoms with Crippen LogP contribution in [0.1, 0.15) is 57.2 Å². The van der Waals surface area contributed by atoms with Crippen molar-refractivity contribution in [2.75, 3.05) is 13.2 Å². The maximum absolute atomic E-state index is 11.4. The lowest BCUT2D eigenvalue weighted by Gasteiger charge is -2.28. The van der Waals surface area contributed by atoms with E-state index >= 15 is 0 Å². The third-order valence-corrected chi connectivity index (χ3v) is 6.64. The average molecular weight is 503 g/mol. The van der Waals surface area contributed by atoms with E-state index in [1.165, 1.54) is 23.3 Å². The predicted molar refractivity (Wildman–Crippen MR) is 146 cm³/mol. The van der Waals surface area contributed by atoms with Crippen LogP contribution in [0.15, 0.2) is 72.8 Å². The molecular formula is C31H38N2O4. The van der Waals surface area contributed by atoms with Gasteiger partial charge in [0.2, 0.25) is 0 Å². The Morgan fingerprint density at radius 1 is 1.11 bits per heavy atom. The number of aliphatic hydroxyl groups excluding tert-OH is 1. The Balaban J connectivity index is 1.50. The summed E-state index contributed by atoms with van der Waals surface area (Å²) < 4.78 is 5.84. The summed E-state index contributed by atoms with van der Waals surface area (Å²) in [6.07, 6.45) is 6.42. The largest absolute Gasteiger partial charge is 0.491 e. The molecule has 0 heterocycles. The highest BCUT2D eigenvalue weighted by atomic mass is 16.5. The first-order chi connectivity index (χ1) is 17.3. The van der Waals surface area contributed by atoms with Crippen molar-refractivity contribution in [3.05, 3.63) is 89.5 Å². The number of hydrogen-bond acceptors (Lipinski definition) is 5. The van der Waals surface area contributed by atoms with Crippen molar-refractivity contribution in [2.24, 2.45) is 5.41 Å². The third kappa shape index (κ3) is 7.55. The van der Waals surface area contributed by atoms with Crippen molar-refractivity contribution < 1.29 is 19.7 Å². The Kier molecular flexibility index (Phi) is 8.63. The van der Waals surface area contributed by atoms with Gasteiger partial charge >= 0.3 is 5.97 Å². The molecule has 2 aromatic carbocycles. The summed E-state index contributed by atoms with van der Waals surface area (Å²) in [5.74, 6) is -0.733. The molecule has 1 aliphatic rings. The molecular weight excluding hydrogens is 464 g/mol. The number of rotatable bonds is 10. The molecule has 0 radical (unpaired) electrons. The predicted octanol–water partition coefficient (Wildman–Crippen LogP) is 5.14. The van der Waals surface area contributed by atoms with Gasteiger partial charge in [0.1, 0.15) is 18.5 Å². The monoisotopic (exact) mass is 502 g/mol. The topological polar surface area (TPSA) is 103 Å². The van der Waals surface area contributed by atoms with Gasteiger partial charge in [0.25, 0.3) is 0 Å². The maximum Gasteiger partial charge on any atom is 0.332 e. The Bertz CT molecular complexity index is 1170. The first-order valence-corrected chi connectivity index (χ1v) is 12.6. The molecule has 0 saturated carbocycles. The highest BCUT2D eigenvalue weighted by molar-refractivity contribution is 5.83. The van der Waals surface area contributed by atoms with Gasteiger partial charge in [-0.3, -0.25) is 0 Å². The molecule has 196 valence electrons. The molecule has 0 amide bonds. The molecule has 0 bridgehead atoms. The fourth-order valence-electron chi connectivity index (χ4n) is 4.27. The highest BCUT2D eigenvalue weighted by Gasteiger charge is 2.35. The van der Waals surface area contributed by atoms with Crippen molar-refractivity contribution in [3.8, 4) is 11.8 Å². The number of nitriles is 1. The quantitative estimate of drug-likeness (QED) is 0.389. The summed E-state index contributed by atoms with van der Waals surface area (Å²) in [5, 5.41) is 32.6. The van der Waals surface area contributed by atoms with E-state index < -0.39 is 17.5 Å². The highest BCUT2D eigenvalue weighted by Crippen LogP contribution is 2.33. The summed E-state index contributed by atoms with van der Waals surface area (Å²) in [4.78, 5) is 11.4. The molecule has 37 heavy (non-hydrogen) atoms. The van der Waals surface area contributed by atoms with Gasteiger partial charge in [-0.05, 0) is 54.5 Å². The SMILES string of the molecule is CC(C)(Cc1ccc(C(C)(C)C)cc1)NC[C@@H](O)COc1cccc(C2C=CC(C#N)(C(=O)O)C=C2)c1. The zero-order valence-electron chi connectivity index (χ0n) is 22.4. The lowest BCUT2D eigenvalue weighted by atomic mass is 9.81. The van der Waals surface area contributed by atoms with E-state index in [1.807, 2.05) is 30.3 Å². The smallest absolute Gasteiger partial charge is 0.332 e. The molecule has 6 heteroatoms. The van der Waals surface area contributed by atoms with Gasteiger partial charge < -0.3 is 20.3 Å². The zero-order valence-corrected chi connectivity index (χ0v) is 22.4. The van der Waals surface area contributed by atoms with E-state index in [4.69, 9.17) is 4.74 Å². The number of carboxylic acid groups (broad SMARTS) is 1. The normalized spacial score (nSPS) is 20.3. The van der Waals surface area contributed by atoms with Crippen molar-refractivity contribution in [1.29, 1.82) is 5.26 Å². The van der Waals surface area contributed by atoms with Crippen LogP contribution in [0, 0.1) is 16.7 Å². The molecule has 0 fully saturated rings. The number of ether oxygens (including phenoxy) is 1. The van der Waals surface area contributed by atoms with E-state index in [1.54, 1.807) is 12.2 Å². The second-order valence-electron chi connectivity index (χ2n) is 11.5. The molecule has 0 spiro atoms. The van der Waals surface area contributed by atoms with Gasteiger partial charge in [-0.15, -0.1) is 0 Å². The molecule has 6 nitrogen and oxygen atoms in total. The summed E-state index contributed by atoms with van der Waals surface area (Å²) in [6, 6.07) is 18.0. The minimum Gasteiger partial charge on any atom is -0.491 e. The number of allylic oxidation sites excluding steroid dienone is 2. The fourth-order valence-corrected chi connectivity index (χ4v) is 4.27. The number of nitrogens with zero attached hydrogens (tertiary/aromatic N) is 1. The number of benzene rings is 2. The standard InChI is InChI=1S/C31H38N2O4/c1-29(2,3)25-11-9-22(10-12-25)18-30(4,5)33-19-26(34)20-37-27-8-6-7-24(17-27)23-13-15-31(21-32,16-14-23)28(35)36/h6-17,23,26,33-34H,18-20H2,1-5H3,(H,35,36)/t23?,26-,31?/m1/s1. The van der Waals surface area contributed by atoms with Crippen LogP contribution in [0.3, 0.4) is 0 Å². The molecule has 2 aromatic rings. The van der Waals surface area contributed by atoms with Crippen molar-refractivity contribution in [2.45, 2.75) is 64.0 Å². The van der Waals surface area contributed by atoms with Crippen molar-refractivity contribution in [3.63, 3.8) is 0 Å². The molecule has 1 atom stereocenters. The van der Waals surface area contributed by atoms with Crippen LogP contribution in [0.4, 0.5) is 0 Å². The van der Waals surface area contributed by atoms with Gasteiger partial charge in [0.15, 0.2) is 5.41 Å². The number of aliphatic hydroxyl groups is 1. The van der Waals surface area contributed by atoms with E-state index in [0.29, 0.717) is 12.3 Å². The summed E-state index contributed by atoms with van der Waals surface area (Å²) in [6.45, 7) is 11.4. The molecule has 0 aliphatic heterocycles. The van der Waals surface area contributed by atoms with Gasteiger partial charge in [-0.1, -0.05) is 81.5 Å². The summed E-state index contributed by atoms with van der Waals surface area (Å²) >= 11 is 0. The van der Waals surface area contributed by atoms with E-state index in [2.05, 4.69) is 64.2 Å². The molecule has 3 N–H and O–H groups in total. The second kappa shape index (κ2) is 11.3. The van der Waals surface area contributed by atoms with Crippen LogP contribution >= 0.6 is 0 Å². The Labute approximate surface area is 220 Å². The van der Waals surface area contributed by atoms with Crippen LogP contribution in [-0.4, -0.2) is 41.0 Å². The van der Waals surface area contributed by atoms with Crippen LogP contribution < -0.4 is 10.1 Å². The first-order valence-electron chi connectivity index (χ1n) is 12.6. The number of β-amino-alcohol motifs (C(OH)–C–C–N with tert-alkyl or cyclic N) is 1. The lowest BCUT2D eigenvalue weighted by molar-refractivity contribution is -0.141. The van der Waals surface area contributed by atoms with Crippen LogP contribution in [0.5, 0.6) is 5.75 Å². The van der Waals surface area contributed by atoms with Crippen LogP contribution in [0.2, 0.25) is 0 Å². The first kappa shape index (κ1) is 28.2. The number of carboxylic acids is 1. The second-order valence-corrected chi connectivity index (χ2v) is 11.5. The number of nitrogens with one attached hydrogen (secondary N) is 1. The number of carbonyl (C=O) groups is 1. The Hall–Kier alpha value is -3.40. The lowest BCUT2D eigenvalue weighted by Crippen LogP contribution is -2.46. The minimum absolute atomic E-state index is 0.128. The average Bonchev–Trinajstić information content (AvgIpc) is 2.86. The Morgan fingerprint density at radius 3 is 2.32 bits per heavy atom. The van der Waals surface area contributed by atoms with Gasteiger partial charge in [-0.2, -0.15) is 5.26 Å². The van der Waals surface area contributed by atoms with Crippen molar-refractivity contribution >= 4 is 5.97 Å². The van der Waals surface area contributed by atoms with Crippen molar-refractivity contribution in [1.82, 2.24) is 5.32 Å². The van der Waals surface area contributed by atoms with Crippen LogP contribution in [0.25, 0.3) is 0 Å². The van der Waals surface area contributed by atoms with Crippen LogP contribution in [-0.2, 0) is 16.6 Å². The number of hydrogen-bond donors (Lipinski definition) is 3. The molecule has 1 aliphatic carbocycles. The zero-order chi connectivity index (χ0) is 27.3. The minimum atomic E-state index is -1.62. The molecule has 3 rings (SSSR count). The maximum atomic E-state index is 11.4. The van der Waals surface area contributed by atoms with Gasteiger partial charge in [0.05, 0.1) is 6.07 Å². The van der Waals surface area contributed by atoms with E-state index in [9.17, 15) is 20.3 Å². The van der Waals surface area contributed by atoms with Gasteiger partial charge in [0, 0.05) is 18.0 Å². The molecule has 0 unspecified atom stereocenters. The number of aliphatic carboxylic acids is 1. The summed E-state index contributed by atoms with van der Waals surface area (Å²) in [7, 11) is 0. The summed E-state index contributed by atoms with van der Waals surface area (Å²) in [5.41, 5.74) is 1.78. The Morgan fingerprint density at radius 2 is 1.76 bits per heavy atom. The third-order valence-electron chi connectivity index (χ3n) is 6.64. The van der Waals surface area contributed by atoms with E-state index in [0.717, 1.165) is 12.0 Å². The molecule has 0 aromatic heterocycles. The molecule has 0 saturated heterocycles.